The third-order valence-electron chi connectivity index (χ3n) is 3.66. The van der Waals surface area contributed by atoms with E-state index in [0.29, 0.717) is 19.1 Å². The van der Waals surface area contributed by atoms with Gasteiger partial charge in [0, 0.05) is 31.9 Å². The zero-order valence-electron chi connectivity index (χ0n) is 11.7. The Labute approximate surface area is 115 Å². The van der Waals surface area contributed by atoms with E-state index in [1.807, 2.05) is 18.2 Å². The predicted octanol–water partition coefficient (Wildman–Crippen LogP) is 0.0782. The molecule has 0 bridgehead atoms. The van der Waals surface area contributed by atoms with Crippen molar-refractivity contribution in [1.82, 2.24) is 14.8 Å². The lowest BCUT2D eigenvalue weighted by molar-refractivity contribution is 0.137. The summed E-state index contributed by atoms with van der Waals surface area (Å²) in [6, 6.07) is 6.32. The van der Waals surface area contributed by atoms with Crippen LogP contribution >= 0.6 is 0 Å². The minimum Gasteiger partial charge on any atom is -0.392 e. The molecule has 106 valence electrons. The Morgan fingerprint density at radius 2 is 2.32 bits per heavy atom. The highest BCUT2D eigenvalue weighted by molar-refractivity contribution is 5.11. The van der Waals surface area contributed by atoms with Gasteiger partial charge in [-0.2, -0.15) is 0 Å². The molecular weight excluding hydrogens is 240 g/mol. The van der Waals surface area contributed by atoms with Gasteiger partial charge < -0.3 is 15.7 Å². The van der Waals surface area contributed by atoms with Gasteiger partial charge in [-0.1, -0.05) is 6.07 Å². The maximum Gasteiger partial charge on any atom is 0.0682 e. The van der Waals surface area contributed by atoms with Crippen molar-refractivity contribution in [2.75, 3.05) is 33.7 Å². The normalized spacial score (nSPS) is 25.9. The Kier molecular flexibility index (Phi) is 4.87. The third-order valence-corrected chi connectivity index (χ3v) is 3.66. The molecule has 2 heterocycles. The van der Waals surface area contributed by atoms with Crippen molar-refractivity contribution in [2.24, 2.45) is 5.73 Å². The highest BCUT2D eigenvalue weighted by atomic mass is 16.3. The number of aliphatic hydroxyl groups is 1. The first kappa shape index (κ1) is 14.4. The Morgan fingerprint density at radius 3 is 2.89 bits per heavy atom. The second kappa shape index (κ2) is 6.43. The SMILES string of the molecule is CN(C)CC1CC(O)CN1C(CN)c1ccccn1. The minimum atomic E-state index is -0.261. The highest BCUT2D eigenvalue weighted by Crippen LogP contribution is 2.28. The lowest BCUT2D eigenvalue weighted by atomic mass is 10.1. The molecule has 5 nitrogen and oxygen atoms in total. The maximum absolute atomic E-state index is 9.95. The predicted molar refractivity (Wildman–Crippen MR) is 75.7 cm³/mol. The minimum absolute atomic E-state index is 0.0864. The van der Waals surface area contributed by atoms with Crippen LogP contribution in [-0.2, 0) is 0 Å². The fourth-order valence-electron chi connectivity index (χ4n) is 2.90. The number of nitrogens with zero attached hydrogens (tertiary/aromatic N) is 3. The van der Waals surface area contributed by atoms with Crippen LogP contribution in [0.3, 0.4) is 0 Å². The maximum atomic E-state index is 9.95. The van der Waals surface area contributed by atoms with Crippen molar-refractivity contribution in [2.45, 2.75) is 24.6 Å². The van der Waals surface area contributed by atoms with E-state index in [1.165, 1.54) is 0 Å². The average molecular weight is 264 g/mol. The van der Waals surface area contributed by atoms with Crippen LogP contribution in [0.5, 0.6) is 0 Å². The molecular formula is C14H24N4O. The monoisotopic (exact) mass is 264 g/mol. The van der Waals surface area contributed by atoms with Gasteiger partial charge in [0.1, 0.15) is 0 Å². The van der Waals surface area contributed by atoms with E-state index in [2.05, 4.69) is 28.9 Å². The molecule has 0 saturated carbocycles. The fourth-order valence-corrected chi connectivity index (χ4v) is 2.90. The van der Waals surface area contributed by atoms with Gasteiger partial charge >= 0.3 is 0 Å². The van der Waals surface area contributed by atoms with Crippen LogP contribution in [0.15, 0.2) is 24.4 Å². The van der Waals surface area contributed by atoms with Gasteiger partial charge in [-0.05, 0) is 32.6 Å². The molecule has 1 aromatic heterocycles. The highest BCUT2D eigenvalue weighted by Gasteiger charge is 2.36. The van der Waals surface area contributed by atoms with Crippen molar-refractivity contribution < 1.29 is 5.11 Å². The molecule has 0 aromatic carbocycles. The summed E-state index contributed by atoms with van der Waals surface area (Å²) in [5, 5.41) is 9.95. The summed E-state index contributed by atoms with van der Waals surface area (Å²) in [5.41, 5.74) is 6.93. The zero-order chi connectivity index (χ0) is 13.8. The Hall–Kier alpha value is -1.01. The van der Waals surface area contributed by atoms with Crippen molar-refractivity contribution in [3.05, 3.63) is 30.1 Å². The van der Waals surface area contributed by atoms with Gasteiger partial charge in [-0.25, -0.2) is 0 Å². The zero-order valence-corrected chi connectivity index (χ0v) is 11.7. The standard InChI is InChI=1S/C14H24N4O/c1-17(2)9-11-7-12(19)10-18(11)14(8-15)13-5-3-4-6-16-13/h3-6,11-12,14,19H,7-10,15H2,1-2H3. The van der Waals surface area contributed by atoms with Crippen LogP contribution < -0.4 is 5.73 Å². The molecule has 1 saturated heterocycles. The Morgan fingerprint density at radius 1 is 1.53 bits per heavy atom. The summed E-state index contributed by atoms with van der Waals surface area (Å²) >= 11 is 0. The number of β-amino-alcohol motifs (C(OH)–C–C–N with tert-alkyl or cyclic N) is 1. The van der Waals surface area contributed by atoms with Crippen LogP contribution in [0.1, 0.15) is 18.2 Å². The molecule has 3 unspecified atom stereocenters. The number of aliphatic hydroxyl groups excluding tert-OH is 1. The van der Waals surface area contributed by atoms with Gasteiger partial charge in [0.15, 0.2) is 0 Å². The molecule has 2 rings (SSSR count). The fraction of sp³-hybridized carbons (Fsp3) is 0.643. The van der Waals surface area contributed by atoms with Crippen molar-refractivity contribution >= 4 is 0 Å². The van der Waals surface area contributed by atoms with Gasteiger partial charge in [0.2, 0.25) is 0 Å². The summed E-state index contributed by atoms with van der Waals surface area (Å²) in [6.07, 6.45) is 2.34. The van der Waals surface area contributed by atoms with Crippen molar-refractivity contribution in [1.29, 1.82) is 0 Å². The van der Waals surface area contributed by atoms with E-state index in [9.17, 15) is 5.11 Å². The van der Waals surface area contributed by atoms with E-state index in [1.54, 1.807) is 6.20 Å². The number of likely N-dealkylation sites (tertiary alicyclic amines) is 1. The van der Waals surface area contributed by atoms with E-state index < -0.39 is 0 Å². The summed E-state index contributed by atoms with van der Waals surface area (Å²) in [7, 11) is 4.11. The van der Waals surface area contributed by atoms with Crippen molar-refractivity contribution in [3.63, 3.8) is 0 Å². The molecule has 19 heavy (non-hydrogen) atoms. The molecule has 0 radical (unpaired) electrons. The topological polar surface area (TPSA) is 65.6 Å². The number of aromatic nitrogens is 1. The second-order valence-corrected chi connectivity index (χ2v) is 5.51. The number of pyridine rings is 1. The molecule has 3 atom stereocenters. The van der Waals surface area contributed by atoms with E-state index in [4.69, 9.17) is 5.73 Å². The Balaban J connectivity index is 2.16. The molecule has 3 N–H and O–H groups in total. The quantitative estimate of drug-likeness (QED) is 0.788. The summed E-state index contributed by atoms with van der Waals surface area (Å²) in [4.78, 5) is 8.87. The van der Waals surface area contributed by atoms with E-state index in [-0.39, 0.29) is 12.1 Å². The first-order chi connectivity index (χ1) is 9.11. The summed E-state index contributed by atoms with van der Waals surface area (Å²) in [5.74, 6) is 0. The number of likely N-dealkylation sites (N-methyl/N-ethyl adjacent to an activating group) is 1. The first-order valence-corrected chi connectivity index (χ1v) is 6.81. The largest absolute Gasteiger partial charge is 0.392 e. The molecule has 1 fully saturated rings. The number of hydrogen-bond donors (Lipinski definition) is 2. The van der Waals surface area contributed by atoms with Crippen LogP contribution in [0.4, 0.5) is 0 Å². The second-order valence-electron chi connectivity index (χ2n) is 5.51. The van der Waals surface area contributed by atoms with Crippen LogP contribution in [-0.4, -0.2) is 65.8 Å². The average Bonchev–Trinajstić information content (AvgIpc) is 2.72. The molecule has 0 spiro atoms. The molecule has 0 aliphatic carbocycles. The van der Waals surface area contributed by atoms with E-state index in [0.717, 1.165) is 18.7 Å². The lowest BCUT2D eigenvalue weighted by Crippen LogP contribution is -2.42. The van der Waals surface area contributed by atoms with Crippen LogP contribution in [0.25, 0.3) is 0 Å². The van der Waals surface area contributed by atoms with E-state index >= 15 is 0 Å². The van der Waals surface area contributed by atoms with Gasteiger partial charge in [0.25, 0.3) is 0 Å². The lowest BCUT2D eigenvalue weighted by Gasteiger charge is -2.33. The first-order valence-electron chi connectivity index (χ1n) is 6.81. The molecule has 5 heteroatoms. The number of rotatable bonds is 5. The van der Waals surface area contributed by atoms with Crippen molar-refractivity contribution in [3.8, 4) is 0 Å². The van der Waals surface area contributed by atoms with Crippen LogP contribution in [0.2, 0.25) is 0 Å². The van der Waals surface area contributed by atoms with Gasteiger partial charge in [-0.3, -0.25) is 9.88 Å². The summed E-state index contributed by atoms with van der Waals surface area (Å²) in [6.45, 7) is 2.13. The molecule has 1 aliphatic rings. The molecule has 0 amide bonds. The number of hydrogen-bond acceptors (Lipinski definition) is 5. The van der Waals surface area contributed by atoms with Gasteiger partial charge in [-0.15, -0.1) is 0 Å². The van der Waals surface area contributed by atoms with Crippen LogP contribution in [0, 0.1) is 0 Å². The number of nitrogens with two attached hydrogens (primary N) is 1. The third kappa shape index (κ3) is 3.51. The summed E-state index contributed by atoms with van der Waals surface area (Å²) < 4.78 is 0. The molecule has 1 aromatic rings. The van der Waals surface area contributed by atoms with Gasteiger partial charge in [0.05, 0.1) is 17.8 Å². The Bertz CT molecular complexity index is 384. The smallest absolute Gasteiger partial charge is 0.0682 e. The molecule has 1 aliphatic heterocycles.